The number of pyridine rings is 2. The lowest BCUT2D eigenvalue weighted by atomic mass is 10.0. The summed E-state index contributed by atoms with van der Waals surface area (Å²) in [4.78, 5) is 11.2. The van der Waals surface area contributed by atoms with E-state index in [4.69, 9.17) is 0 Å². The van der Waals surface area contributed by atoms with E-state index in [0.29, 0.717) is 6.04 Å². The van der Waals surface area contributed by atoms with Crippen molar-refractivity contribution in [2.75, 3.05) is 18.0 Å². The predicted molar refractivity (Wildman–Crippen MR) is 85.3 cm³/mol. The summed E-state index contributed by atoms with van der Waals surface area (Å²) in [5.74, 6) is 1.09. The van der Waals surface area contributed by atoms with Crippen LogP contribution >= 0.6 is 0 Å². The van der Waals surface area contributed by atoms with Gasteiger partial charge in [-0.1, -0.05) is 12.1 Å². The molecule has 0 atom stereocenters. The van der Waals surface area contributed by atoms with E-state index in [9.17, 15) is 0 Å². The molecule has 2 aromatic rings. The van der Waals surface area contributed by atoms with Crippen molar-refractivity contribution in [2.24, 2.45) is 0 Å². The van der Waals surface area contributed by atoms with Crippen molar-refractivity contribution >= 4 is 5.82 Å². The smallest absolute Gasteiger partial charge is 0.128 e. The second kappa shape index (κ2) is 6.68. The Hall–Kier alpha value is -1.94. The Balaban J connectivity index is 1.47. The summed E-state index contributed by atoms with van der Waals surface area (Å²) >= 11 is 0. The molecule has 2 aromatic heterocycles. The van der Waals surface area contributed by atoms with Crippen LogP contribution in [-0.4, -0.2) is 29.1 Å². The Labute approximate surface area is 126 Å². The van der Waals surface area contributed by atoms with Crippen LogP contribution in [0.2, 0.25) is 0 Å². The van der Waals surface area contributed by atoms with E-state index in [-0.39, 0.29) is 0 Å². The van der Waals surface area contributed by atoms with Crippen molar-refractivity contribution in [2.45, 2.75) is 32.4 Å². The molecule has 0 saturated carbocycles. The van der Waals surface area contributed by atoms with Crippen molar-refractivity contribution in [3.05, 3.63) is 54.0 Å². The maximum absolute atomic E-state index is 4.44. The molecular formula is C17H22N4. The summed E-state index contributed by atoms with van der Waals surface area (Å²) in [7, 11) is 0. The first-order chi connectivity index (χ1) is 10.3. The molecule has 1 fully saturated rings. The maximum atomic E-state index is 4.44. The summed E-state index contributed by atoms with van der Waals surface area (Å²) in [6.45, 7) is 5.05. The van der Waals surface area contributed by atoms with Gasteiger partial charge < -0.3 is 10.2 Å². The van der Waals surface area contributed by atoms with Gasteiger partial charge in [0.05, 0.1) is 5.69 Å². The monoisotopic (exact) mass is 282 g/mol. The highest BCUT2D eigenvalue weighted by molar-refractivity contribution is 5.38. The van der Waals surface area contributed by atoms with Gasteiger partial charge in [0.1, 0.15) is 5.82 Å². The first-order valence-corrected chi connectivity index (χ1v) is 7.62. The van der Waals surface area contributed by atoms with Gasteiger partial charge in [0.25, 0.3) is 0 Å². The minimum absolute atomic E-state index is 0.577. The highest BCUT2D eigenvalue weighted by Gasteiger charge is 2.19. The third kappa shape index (κ3) is 3.79. The average Bonchev–Trinajstić information content (AvgIpc) is 2.56. The predicted octanol–water partition coefficient (Wildman–Crippen LogP) is 2.54. The maximum Gasteiger partial charge on any atom is 0.128 e. The molecule has 0 aliphatic carbocycles. The van der Waals surface area contributed by atoms with Crippen LogP contribution in [0.15, 0.2) is 42.7 Å². The van der Waals surface area contributed by atoms with Crippen LogP contribution in [0.4, 0.5) is 5.82 Å². The highest BCUT2D eigenvalue weighted by Crippen LogP contribution is 2.17. The van der Waals surface area contributed by atoms with Crippen LogP contribution in [0, 0.1) is 6.92 Å². The molecule has 1 N–H and O–H groups in total. The fraction of sp³-hybridized carbons (Fsp3) is 0.412. The quantitative estimate of drug-likeness (QED) is 0.935. The standard InChI is InChI=1S/C17H22N4/c1-14-5-6-16(19-12-14)13-20-15-7-10-21(11-8-15)17-4-2-3-9-18-17/h2-6,9,12,15,20H,7-8,10-11,13H2,1H3. The number of hydrogen-bond acceptors (Lipinski definition) is 4. The van der Waals surface area contributed by atoms with Crippen molar-refractivity contribution in [3.63, 3.8) is 0 Å². The van der Waals surface area contributed by atoms with E-state index >= 15 is 0 Å². The van der Waals surface area contributed by atoms with E-state index < -0.39 is 0 Å². The molecule has 1 saturated heterocycles. The molecule has 0 unspecified atom stereocenters. The third-order valence-corrected chi connectivity index (χ3v) is 4.01. The molecule has 4 nitrogen and oxygen atoms in total. The van der Waals surface area contributed by atoms with Crippen LogP contribution in [0.3, 0.4) is 0 Å². The molecule has 1 aliphatic rings. The van der Waals surface area contributed by atoms with Gasteiger partial charge >= 0.3 is 0 Å². The molecule has 1 aliphatic heterocycles. The molecule has 0 bridgehead atoms. The summed E-state index contributed by atoms with van der Waals surface area (Å²) in [6, 6.07) is 10.9. The Morgan fingerprint density at radius 3 is 2.67 bits per heavy atom. The molecule has 4 heteroatoms. The van der Waals surface area contributed by atoms with Gasteiger partial charge in [-0.05, 0) is 43.5 Å². The van der Waals surface area contributed by atoms with Gasteiger partial charge in [-0.15, -0.1) is 0 Å². The van der Waals surface area contributed by atoms with Crippen molar-refractivity contribution in [3.8, 4) is 0 Å². The first kappa shape index (κ1) is 14.0. The molecule has 21 heavy (non-hydrogen) atoms. The SMILES string of the molecule is Cc1ccc(CNC2CCN(c3ccccn3)CC2)nc1. The summed E-state index contributed by atoms with van der Waals surface area (Å²) < 4.78 is 0. The van der Waals surface area contributed by atoms with Gasteiger partial charge in [-0.25, -0.2) is 4.98 Å². The zero-order valence-corrected chi connectivity index (χ0v) is 12.5. The van der Waals surface area contributed by atoms with E-state index in [0.717, 1.165) is 44.0 Å². The molecule has 0 aromatic carbocycles. The minimum atomic E-state index is 0.577. The van der Waals surface area contributed by atoms with Gasteiger partial charge in [0.15, 0.2) is 0 Å². The molecule has 110 valence electrons. The largest absolute Gasteiger partial charge is 0.357 e. The molecule has 3 heterocycles. The normalized spacial score (nSPS) is 16.1. The Bertz CT molecular complexity index is 545. The fourth-order valence-corrected chi connectivity index (χ4v) is 2.71. The molecule has 0 spiro atoms. The Kier molecular flexibility index (Phi) is 4.46. The van der Waals surface area contributed by atoms with Crippen LogP contribution in [0.5, 0.6) is 0 Å². The van der Waals surface area contributed by atoms with Crippen LogP contribution in [-0.2, 0) is 6.54 Å². The molecular weight excluding hydrogens is 260 g/mol. The lowest BCUT2D eigenvalue weighted by Gasteiger charge is -2.33. The fourth-order valence-electron chi connectivity index (χ4n) is 2.71. The minimum Gasteiger partial charge on any atom is -0.357 e. The number of rotatable bonds is 4. The lowest BCUT2D eigenvalue weighted by Crippen LogP contribution is -2.42. The van der Waals surface area contributed by atoms with E-state index in [1.54, 1.807) is 0 Å². The lowest BCUT2D eigenvalue weighted by molar-refractivity contribution is 0.411. The Morgan fingerprint density at radius 2 is 2.00 bits per heavy atom. The summed E-state index contributed by atoms with van der Waals surface area (Å²) in [5, 5.41) is 3.62. The number of aryl methyl sites for hydroxylation is 1. The van der Waals surface area contributed by atoms with Crippen LogP contribution in [0.25, 0.3) is 0 Å². The van der Waals surface area contributed by atoms with E-state index in [2.05, 4.69) is 51.4 Å². The van der Waals surface area contributed by atoms with Gasteiger partial charge in [0, 0.05) is 38.1 Å². The second-order valence-corrected chi connectivity index (χ2v) is 5.66. The Morgan fingerprint density at radius 1 is 1.14 bits per heavy atom. The number of aromatic nitrogens is 2. The number of hydrogen-bond donors (Lipinski definition) is 1. The highest BCUT2D eigenvalue weighted by atomic mass is 15.2. The van der Waals surface area contributed by atoms with Crippen LogP contribution < -0.4 is 10.2 Å². The zero-order chi connectivity index (χ0) is 14.5. The number of nitrogens with zero attached hydrogens (tertiary/aromatic N) is 3. The average molecular weight is 282 g/mol. The van der Waals surface area contributed by atoms with E-state index in [1.165, 1.54) is 5.56 Å². The van der Waals surface area contributed by atoms with Crippen molar-refractivity contribution in [1.82, 2.24) is 15.3 Å². The number of anilines is 1. The summed E-state index contributed by atoms with van der Waals surface area (Å²) in [5.41, 5.74) is 2.33. The van der Waals surface area contributed by atoms with Crippen molar-refractivity contribution in [1.29, 1.82) is 0 Å². The topological polar surface area (TPSA) is 41.0 Å². The zero-order valence-electron chi connectivity index (χ0n) is 12.5. The van der Waals surface area contributed by atoms with Crippen LogP contribution in [0.1, 0.15) is 24.1 Å². The number of piperidine rings is 1. The van der Waals surface area contributed by atoms with Crippen molar-refractivity contribution < 1.29 is 0 Å². The summed E-state index contributed by atoms with van der Waals surface area (Å²) in [6.07, 6.45) is 6.11. The molecule has 3 rings (SSSR count). The first-order valence-electron chi connectivity index (χ1n) is 7.62. The number of nitrogens with one attached hydrogen (secondary N) is 1. The molecule has 0 amide bonds. The van der Waals surface area contributed by atoms with Gasteiger partial charge in [-0.3, -0.25) is 4.98 Å². The molecule has 0 radical (unpaired) electrons. The van der Waals surface area contributed by atoms with Gasteiger partial charge in [0.2, 0.25) is 0 Å². The second-order valence-electron chi connectivity index (χ2n) is 5.66. The van der Waals surface area contributed by atoms with Gasteiger partial charge in [-0.2, -0.15) is 0 Å². The third-order valence-electron chi connectivity index (χ3n) is 4.01. The van der Waals surface area contributed by atoms with E-state index in [1.807, 2.05) is 18.5 Å².